The molecule has 1 aliphatic heterocycles. The van der Waals surface area contributed by atoms with Gasteiger partial charge in [0.1, 0.15) is 5.75 Å². The highest BCUT2D eigenvalue weighted by atomic mass is 16.5. The van der Waals surface area contributed by atoms with Crippen LogP contribution in [0.1, 0.15) is 43.7 Å². The first-order valence-electron chi connectivity index (χ1n) is 8.61. The van der Waals surface area contributed by atoms with E-state index in [9.17, 15) is 9.59 Å². The number of likely N-dealkylation sites (tertiary alicyclic amines) is 1. The molecule has 2 atom stereocenters. The molecule has 2 rings (SSSR count). The standard InChI is InChI=1S/C19H27NO4/c1-13-6-9-17(11-14(13)2)24-10-4-5-18(21)20-12-16(19(22)23)8-7-15(20)3/h6,9,11,15-16H,4-5,7-8,10,12H2,1-3H3,(H,22,23). The van der Waals surface area contributed by atoms with Gasteiger partial charge in [0, 0.05) is 19.0 Å². The van der Waals surface area contributed by atoms with Gasteiger partial charge < -0.3 is 14.7 Å². The Hall–Kier alpha value is -2.04. The van der Waals surface area contributed by atoms with E-state index in [-0.39, 0.29) is 11.9 Å². The number of aryl methyl sites for hydroxylation is 2. The molecule has 1 aromatic carbocycles. The van der Waals surface area contributed by atoms with Gasteiger partial charge in [-0.25, -0.2) is 0 Å². The average molecular weight is 333 g/mol. The summed E-state index contributed by atoms with van der Waals surface area (Å²) >= 11 is 0. The summed E-state index contributed by atoms with van der Waals surface area (Å²) in [7, 11) is 0. The molecule has 5 heteroatoms. The quantitative estimate of drug-likeness (QED) is 0.812. The number of carboxylic acid groups (broad SMARTS) is 1. The largest absolute Gasteiger partial charge is 0.494 e. The van der Waals surface area contributed by atoms with Crippen molar-refractivity contribution < 1.29 is 19.4 Å². The van der Waals surface area contributed by atoms with E-state index < -0.39 is 11.9 Å². The molecule has 1 amide bonds. The Bertz CT molecular complexity index is 599. The van der Waals surface area contributed by atoms with Gasteiger partial charge in [-0.1, -0.05) is 6.07 Å². The fraction of sp³-hybridized carbons (Fsp3) is 0.579. The van der Waals surface area contributed by atoms with Crippen LogP contribution in [0.3, 0.4) is 0 Å². The van der Waals surface area contributed by atoms with Gasteiger partial charge in [0.2, 0.25) is 5.91 Å². The highest BCUT2D eigenvalue weighted by Crippen LogP contribution is 2.23. The molecule has 1 aromatic rings. The third-order valence-electron chi connectivity index (χ3n) is 4.83. The van der Waals surface area contributed by atoms with Gasteiger partial charge in [0.25, 0.3) is 0 Å². The molecular weight excluding hydrogens is 306 g/mol. The first-order chi connectivity index (χ1) is 11.4. The van der Waals surface area contributed by atoms with E-state index in [0.29, 0.717) is 32.4 Å². The van der Waals surface area contributed by atoms with Crippen molar-refractivity contribution in [2.75, 3.05) is 13.2 Å². The number of piperidine rings is 1. The van der Waals surface area contributed by atoms with Crippen LogP contribution < -0.4 is 4.74 Å². The summed E-state index contributed by atoms with van der Waals surface area (Å²) in [5.74, 6) is -0.394. The second-order valence-electron chi connectivity index (χ2n) is 6.71. The van der Waals surface area contributed by atoms with Gasteiger partial charge in [-0.2, -0.15) is 0 Å². The zero-order chi connectivity index (χ0) is 17.7. The lowest BCUT2D eigenvalue weighted by Crippen LogP contribution is -2.47. The molecule has 0 bridgehead atoms. The van der Waals surface area contributed by atoms with E-state index in [1.54, 1.807) is 4.90 Å². The first-order valence-corrected chi connectivity index (χ1v) is 8.61. The number of amides is 1. The van der Waals surface area contributed by atoms with E-state index in [1.165, 1.54) is 11.1 Å². The molecule has 0 aliphatic carbocycles. The Labute approximate surface area is 143 Å². The number of aliphatic carboxylic acids is 1. The lowest BCUT2D eigenvalue weighted by atomic mass is 9.93. The third-order valence-corrected chi connectivity index (χ3v) is 4.83. The van der Waals surface area contributed by atoms with Gasteiger partial charge in [0.05, 0.1) is 12.5 Å². The molecule has 0 radical (unpaired) electrons. The van der Waals surface area contributed by atoms with Gasteiger partial charge >= 0.3 is 5.97 Å². The number of hydrogen-bond acceptors (Lipinski definition) is 3. The number of benzene rings is 1. The van der Waals surface area contributed by atoms with Crippen LogP contribution in [-0.2, 0) is 9.59 Å². The molecule has 2 unspecified atom stereocenters. The van der Waals surface area contributed by atoms with Crippen LogP contribution in [0.2, 0.25) is 0 Å². The summed E-state index contributed by atoms with van der Waals surface area (Å²) in [6.45, 7) is 6.90. The maximum absolute atomic E-state index is 12.4. The average Bonchev–Trinajstić information content (AvgIpc) is 2.54. The Morgan fingerprint density at radius 1 is 1.25 bits per heavy atom. The molecule has 5 nitrogen and oxygen atoms in total. The van der Waals surface area contributed by atoms with Gasteiger partial charge in [-0.05, 0) is 63.3 Å². The summed E-state index contributed by atoms with van der Waals surface area (Å²) in [6, 6.07) is 6.08. The topological polar surface area (TPSA) is 66.8 Å². The van der Waals surface area contributed by atoms with Crippen molar-refractivity contribution in [1.29, 1.82) is 0 Å². The lowest BCUT2D eigenvalue weighted by Gasteiger charge is -2.36. The maximum atomic E-state index is 12.4. The number of carbonyl (C=O) groups is 2. The van der Waals surface area contributed by atoms with Crippen molar-refractivity contribution in [3.63, 3.8) is 0 Å². The Morgan fingerprint density at radius 3 is 2.67 bits per heavy atom. The van der Waals surface area contributed by atoms with Crippen LogP contribution in [0.5, 0.6) is 5.75 Å². The van der Waals surface area contributed by atoms with Crippen molar-refractivity contribution in [2.24, 2.45) is 5.92 Å². The monoisotopic (exact) mass is 333 g/mol. The number of nitrogens with zero attached hydrogens (tertiary/aromatic N) is 1. The summed E-state index contributed by atoms with van der Waals surface area (Å²) in [5, 5.41) is 9.15. The molecule has 1 saturated heterocycles. The number of hydrogen-bond donors (Lipinski definition) is 1. The highest BCUT2D eigenvalue weighted by Gasteiger charge is 2.32. The first kappa shape index (κ1) is 18.3. The molecule has 24 heavy (non-hydrogen) atoms. The van der Waals surface area contributed by atoms with Crippen LogP contribution in [0.25, 0.3) is 0 Å². The van der Waals surface area contributed by atoms with E-state index in [1.807, 2.05) is 32.0 Å². The Morgan fingerprint density at radius 2 is 2.00 bits per heavy atom. The van der Waals surface area contributed by atoms with E-state index in [2.05, 4.69) is 6.92 Å². The van der Waals surface area contributed by atoms with E-state index in [4.69, 9.17) is 9.84 Å². The van der Waals surface area contributed by atoms with Crippen LogP contribution in [0.4, 0.5) is 0 Å². The van der Waals surface area contributed by atoms with Crippen molar-refractivity contribution >= 4 is 11.9 Å². The summed E-state index contributed by atoms with van der Waals surface area (Å²) in [4.78, 5) is 25.2. The number of carboxylic acids is 1. The van der Waals surface area contributed by atoms with Crippen LogP contribution in [0.15, 0.2) is 18.2 Å². The molecular formula is C19H27NO4. The highest BCUT2D eigenvalue weighted by molar-refractivity contribution is 5.78. The molecule has 1 heterocycles. The van der Waals surface area contributed by atoms with Crippen molar-refractivity contribution in [1.82, 2.24) is 4.90 Å². The van der Waals surface area contributed by atoms with Crippen molar-refractivity contribution in [2.45, 2.75) is 52.5 Å². The zero-order valence-corrected chi connectivity index (χ0v) is 14.7. The number of carbonyl (C=O) groups excluding carboxylic acids is 1. The molecule has 1 fully saturated rings. The third kappa shape index (κ3) is 4.73. The van der Waals surface area contributed by atoms with Gasteiger partial charge in [0.15, 0.2) is 0 Å². The molecule has 1 N–H and O–H groups in total. The van der Waals surface area contributed by atoms with E-state index in [0.717, 1.165) is 12.2 Å². The summed E-state index contributed by atoms with van der Waals surface area (Å²) in [6.07, 6.45) is 2.42. The summed E-state index contributed by atoms with van der Waals surface area (Å²) < 4.78 is 5.70. The predicted octanol–water partition coefficient (Wildman–Crippen LogP) is 3.17. The fourth-order valence-corrected chi connectivity index (χ4v) is 3.02. The molecule has 132 valence electrons. The van der Waals surface area contributed by atoms with E-state index >= 15 is 0 Å². The molecule has 0 aromatic heterocycles. The fourth-order valence-electron chi connectivity index (χ4n) is 3.02. The van der Waals surface area contributed by atoms with Crippen LogP contribution in [-0.4, -0.2) is 41.1 Å². The number of rotatable bonds is 6. The van der Waals surface area contributed by atoms with Crippen molar-refractivity contribution in [3.8, 4) is 5.75 Å². The lowest BCUT2D eigenvalue weighted by molar-refractivity contribution is -0.147. The minimum Gasteiger partial charge on any atom is -0.494 e. The minimum absolute atomic E-state index is 0.0251. The predicted molar refractivity (Wildman–Crippen MR) is 92.2 cm³/mol. The minimum atomic E-state index is -0.808. The molecule has 1 aliphatic rings. The van der Waals surface area contributed by atoms with Gasteiger partial charge in [-0.15, -0.1) is 0 Å². The molecule has 0 spiro atoms. The second-order valence-corrected chi connectivity index (χ2v) is 6.71. The summed E-state index contributed by atoms with van der Waals surface area (Å²) in [5.41, 5.74) is 2.41. The van der Waals surface area contributed by atoms with Crippen molar-refractivity contribution in [3.05, 3.63) is 29.3 Å². The smallest absolute Gasteiger partial charge is 0.308 e. The Kier molecular flexibility index (Phi) is 6.23. The Balaban J connectivity index is 1.77. The second kappa shape index (κ2) is 8.18. The molecule has 0 saturated carbocycles. The van der Waals surface area contributed by atoms with Gasteiger partial charge in [-0.3, -0.25) is 9.59 Å². The normalized spacial score (nSPS) is 20.7. The van der Waals surface area contributed by atoms with Crippen LogP contribution >= 0.6 is 0 Å². The SMILES string of the molecule is Cc1ccc(OCCCC(=O)N2CC(C(=O)O)CCC2C)cc1C. The van der Waals surface area contributed by atoms with Crippen LogP contribution in [0, 0.1) is 19.8 Å². The zero-order valence-electron chi connectivity index (χ0n) is 14.7. The number of ether oxygens (including phenoxy) is 1. The maximum Gasteiger partial charge on any atom is 0.308 e.